The third kappa shape index (κ3) is 4.72. The Kier molecular flexibility index (Phi) is 6.33. The minimum absolute atomic E-state index is 0.140. The van der Waals surface area contributed by atoms with Crippen molar-refractivity contribution in [1.29, 1.82) is 0 Å². The number of carbonyl (C=O) groups excluding carboxylic acids is 2. The van der Waals surface area contributed by atoms with Gasteiger partial charge in [-0.15, -0.1) is 0 Å². The number of benzene rings is 3. The van der Waals surface area contributed by atoms with Gasteiger partial charge in [-0.3, -0.25) is 9.59 Å². The van der Waals surface area contributed by atoms with E-state index in [1.54, 1.807) is 24.3 Å². The molecule has 3 rings (SSSR count). The van der Waals surface area contributed by atoms with Crippen molar-refractivity contribution in [3.63, 3.8) is 0 Å². The molecule has 0 unspecified atom stereocenters. The van der Waals surface area contributed by atoms with Crippen LogP contribution in [0.3, 0.4) is 0 Å². The lowest BCUT2D eigenvalue weighted by Gasteiger charge is -2.13. The summed E-state index contributed by atoms with van der Waals surface area (Å²) in [4.78, 5) is 26.1. The number of hydrogen-bond acceptors (Lipinski definition) is 2. The lowest BCUT2D eigenvalue weighted by atomic mass is 9.87. The lowest BCUT2D eigenvalue weighted by molar-refractivity contribution is 0.0809. The fourth-order valence-electron chi connectivity index (χ4n) is 3.15. The minimum atomic E-state index is -0.729. The Morgan fingerprint density at radius 2 is 1.29 bits per heavy atom. The van der Waals surface area contributed by atoms with Crippen LogP contribution in [-0.4, -0.2) is 11.6 Å². The molecule has 0 fully saturated rings. The van der Waals surface area contributed by atoms with Gasteiger partial charge in [-0.2, -0.15) is 0 Å². The van der Waals surface area contributed by atoms with Crippen LogP contribution in [0.1, 0.15) is 43.8 Å². The lowest BCUT2D eigenvalue weighted by Crippen LogP contribution is -2.24. The summed E-state index contributed by atoms with van der Waals surface area (Å²) in [5.74, 6) is -1.01. The summed E-state index contributed by atoms with van der Waals surface area (Å²) in [7, 11) is 0. The van der Waals surface area contributed by atoms with Crippen LogP contribution >= 0.6 is 0 Å². The van der Waals surface area contributed by atoms with Gasteiger partial charge in [0.15, 0.2) is 11.6 Å². The first kappa shape index (κ1) is 19.5. The molecule has 0 bridgehead atoms. The molecule has 0 amide bonds. The Morgan fingerprint density at radius 1 is 0.750 bits per heavy atom. The van der Waals surface area contributed by atoms with Crippen LogP contribution in [0.15, 0.2) is 84.9 Å². The Hall–Kier alpha value is -3.26. The van der Waals surface area contributed by atoms with Crippen LogP contribution < -0.4 is 0 Å². The zero-order valence-electron chi connectivity index (χ0n) is 16.3. The van der Waals surface area contributed by atoms with Crippen molar-refractivity contribution in [3.05, 3.63) is 113 Å². The molecule has 28 heavy (non-hydrogen) atoms. The van der Waals surface area contributed by atoms with Gasteiger partial charge in [0.25, 0.3) is 0 Å². The molecule has 0 atom stereocenters. The minimum Gasteiger partial charge on any atom is -0.293 e. The van der Waals surface area contributed by atoms with E-state index >= 15 is 0 Å². The second-order valence-electron chi connectivity index (χ2n) is 6.99. The van der Waals surface area contributed by atoms with Crippen LogP contribution in [0.25, 0.3) is 6.08 Å². The molecule has 0 saturated heterocycles. The molecule has 0 aliphatic heterocycles. The number of aryl methyl sites for hydroxylation is 2. The summed E-state index contributed by atoms with van der Waals surface area (Å²) in [6, 6.07) is 24.3. The van der Waals surface area contributed by atoms with Crippen LogP contribution in [0.5, 0.6) is 0 Å². The maximum Gasteiger partial charge on any atom is 0.174 e. The molecule has 0 aliphatic carbocycles. The zero-order chi connectivity index (χ0) is 19.9. The van der Waals surface area contributed by atoms with Gasteiger partial charge >= 0.3 is 0 Å². The first-order valence-electron chi connectivity index (χ1n) is 9.48. The summed E-state index contributed by atoms with van der Waals surface area (Å²) in [5, 5.41) is 0. The third-order valence-electron chi connectivity index (χ3n) is 4.96. The van der Waals surface area contributed by atoms with Crippen LogP contribution in [0.4, 0.5) is 0 Å². The molecule has 0 heterocycles. The molecule has 0 saturated carbocycles. The van der Waals surface area contributed by atoms with E-state index in [1.165, 1.54) is 11.1 Å². The van der Waals surface area contributed by atoms with E-state index in [4.69, 9.17) is 0 Å². The largest absolute Gasteiger partial charge is 0.293 e. The molecule has 0 N–H and O–H groups in total. The van der Waals surface area contributed by atoms with E-state index in [1.807, 2.05) is 54.6 Å². The van der Waals surface area contributed by atoms with Crippen molar-refractivity contribution in [3.8, 4) is 0 Å². The molecule has 0 aromatic heterocycles. The van der Waals surface area contributed by atoms with Gasteiger partial charge < -0.3 is 0 Å². The third-order valence-corrected chi connectivity index (χ3v) is 4.96. The monoisotopic (exact) mass is 368 g/mol. The summed E-state index contributed by atoms with van der Waals surface area (Å²) in [5.41, 5.74) is 4.67. The summed E-state index contributed by atoms with van der Waals surface area (Å²) in [6.45, 7) is 4.16. The summed E-state index contributed by atoms with van der Waals surface area (Å²) in [6.07, 6.45) is 4.28. The van der Waals surface area contributed by atoms with Gasteiger partial charge in [0.2, 0.25) is 0 Å². The van der Waals surface area contributed by atoms with Crippen molar-refractivity contribution >= 4 is 17.6 Å². The second-order valence-corrected chi connectivity index (χ2v) is 6.99. The van der Waals surface area contributed by atoms with E-state index in [-0.39, 0.29) is 11.6 Å². The summed E-state index contributed by atoms with van der Waals surface area (Å²) < 4.78 is 0. The number of allylic oxidation sites excluding steroid dienone is 1. The SMILES string of the molecule is Cc1ccc(C=CCC(C(=O)c2ccccc2)C(=O)c2ccccc2)cc1C. The highest BCUT2D eigenvalue weighted by molar-refractivity contribution is 6.16. The van der Waals surface area contributed by atoms with Crippen LogP contribution in [0, 0.1) is 19.8 Å². The van der Waals surface area contributed by atoms with Crippen LogP contribution in [-0.2, 0) is 0 Å². The first-order valence-corrected chi connectivity index (χ1v) is 9.48. The molecular formula is C26H24O2. The topological polar surface area (TPSA) is 34.1 Å². The normalized spacial score (nSPS) is 11.1. The molecular weight excluding hydrogens is 344 g/mol. The first-order chi connectivity index (χ1) is 13.6. The highest BCUT2D eigenvalue weighted by Crippen LogP contribution is 2.20. The van der Waals surface area contributed by atoms with E-state index in [0.29, 0.717) is 17.5 Å². The average Bonchev–Trinajstić information content (AvgIpc) is 2.74. The van der Waals surface area contributed by atoms with Gasteiger partial charge in [0.1, 0.15) is 0 Å². The van der Waals surface area contributed by atoms with Crippen molar-refractivity contribution in [2.24, 2.45) is 5.92 Å². The molecule has 2 heteroatoms. The van der Waals surface area contributed by atoms with Crippen molar-refractivity contribution in [2.45, 2.75) is 20.3 Å². The quantitative estimate of drug-likeness (QED) is 0.374. The Balaban J connectivity index is 1.85. The number of rotatable bonds is 7. The van der Waals surface area contributed by atoms with Crippen molar-refractivity contribution in [1.82, 2.24) is 0 Å². The molecule has 3 aromatic carbocycles. The van der Waals surface area contributed by atoms with Crippen molar-refractivity contribution in [2.75, 3.05) is 0 Å². The van der Waals surface area contributed by atoms with Gasteiger partial charge in [-0.05, 0) is 37.0 Å². The van der Waals surface area contributed by atoms with Gasteiger partial charge in [0, 0.05) is 11.1 Å². The fourth-order valence-corrected chi connectivity index (χ4v) is 3.15. The predicted molar refractivity (Wildman–Crippen MR) is 115 cm³/mol. The number of Topliss-reactive ketones (excluding diaryl/α,β-unsaturated/α-hetero) is 2. The average molecular weight is 368 g/mol. The Bertz CT molecular complexity index is 934. The highest BCUT2D eigenvalue weighted by Gasteiger charge is 2.27. The standard InChI is InChI=1S/C26H24O2/c1-19-16-17-21(18-20(19)2)10-9-15-24(25(27)22-11-5-3-6-12-22)26(28)23-13-7-4-8-14-23/h3-14,16-18,24H,15H2,1-2H3. The van der Waals surface area contributed by atoms with Gasteiger partial charge in [-0.1, -0.05) is 91.0 Å². The maximum absolute atomic E-state index is 13.0. The summed E-state index contributed by atoms with van der Waals surface area (Å²) >= 11 is 0. The molecule has 0 aliphatic rings. The smallest absolute Gasteiger partial charge is 0.174 e. The molecule has 0 radical (unpaired) electrons. The van der Waals surface area contributed by atoms with E-state index in [2.05, 4.69) is 26.0 Å². The van der Waals surface area contributed by atoms with Crippen molar-refractivity contribution < 1.29 is 9.59 Å². The Morgan fingerprint density at radius 3 is 1.79 bits per heavy atom. The van der Waals surface area contributed by atoms with Crippen LogP contribution in [0.2, 0.25) is 0 Å². The van der Waals surface area contributed by atoms with E-state index in [0.717, 1.165) is 5.56 Å². The second kappa shape index (κ2) is 9.09. The van der Waals surface area contributed by atoms with Gasteiger partial charge in [0.05, 0.1) is 5.92 Å². The van der Waals surface area contributed by atoms with E-state index in [9.17, 15) is 9.59 Å². The maximum atomic E-state index is 13.0. The number of carbonyl (C=O) groups is 2. The molecule has 2 nitrogen and oxygen atoms in total. The zero-order valence-corrected chi connectivity index (χ0v) is 16.3. The number of ketones is 2. The fraction of sp³-hybridized carbons (Fsp3) is 0.154. The molecule has 3 aromatic rings. The molecule has 0 spiro atoms. The molecule has 140 valence electrons. The highest BCUT2D eigenvalue weighted by atomic mass is 16.1. The Labute approximate surface area is 166 Å². The van der Waals surface area contributed by atoms with Gasteiger partial charge in [-0.25, -0.2) is 0 Å². The predicted octanol–water partition coefficient (Wildman–Crippen LogP) is 6.09. The van der Waals surface area contributed by atoms with E-state index < -0.39 is 5.92 Å². The number of hydrogen-bond donors (Lipinski definition) is 0.